The molecule has 2 rings (SSSR count). The molecule has 1 aromatic carbocycles. The average Bonchev–Trinajstić information content (AvgIpc) is 2.29. The van der Waals surface area contributed by atoms with Gasteiger partial charge in [-0.3, -0.25) is 4.98 Å². The first-order valence-corrected chi connectivity index (χ1v) is 6.33. The summed E-state index contributed by atoms with van der Waals surface area (Å²) in [4.78, 5) is 4.31. The number of fused-ring (bicyclic) bond motifs is 1. The molecule has 16 heavy (non-hydrogen) atoms. The van der Waals surface area contributed by atoms with E-state index in [1.807, 2.05) is 36.4 Å². The number of rotatable bonds is 3. The van der Waals surface area contributed by atoms with E-state index in [2.05, 4.69) is 36.8 Å². The third-order valence-corrected chi connectivity index (χ3v) is 2.72. The lowest BCUT2D eigenvalue weighted by Gasteiger charge is -2.06. The number of halogens is 2. The van der Waals surface area contributed by atoms with Crippen molar-refractivity contribution in [3.63, 3.8) is 0 Å². The van der Waals surface area contributed by atoms with Crippen LogP contribution in [-0.4, -0.2) is 11.6 Å². The third kappa shape index (κ3) is 2.83. The van der Waals surface area contributed by atoms with Gasteiger partial charge in [-0.15, -0.1) is 0 Å². The highest BCUT2D eigenvalue weighted by Crippen LogP contribution is 2.23. The zero-order chi connectivity index (χ0) is 11.4. The van der Waals surface area contributed by atoms with Gasteiger partial charge in [0.2, 0.25) is 0 Å². The minimum Gasteiger partial charge on any atom is -0.487 e. The summed E-state index contributed by atoms with van der Waals surface area (Å²) in [6.45, 7) is 0.502. The highest BCUT2D eigenvalue weighted by atomic mass is 79.9. The van der Waals surface area contributed by atoms with Crippen molar-refractivity contribution in [2.24, 2.45) is 0 Å². The SMILES string of the molecule is BrC(Br)=CCOc1cccc2cccnc12. The van der Waals surface area contributed by atoms with Crippen LogP contribution in [0.3, 0.4) is 0 Å². The Morgan fingerprint density at radius 3 is 2.88 bits per heavy atom. The van der Waals surface area contributed by atoms with Gasteiger partial charge in [-0.1, -0.05) is 18.2 Å². The fourth-order valence-electron chi connectivity index (χ4n) is 1.39. The first-order chi connectivity index (χ1) is 7.77. The van der Waals surface area contributed by atoms with Gasteiger partial charge in [-0.05, 0) is 50.1 Å². The number of pyridine rings is 1. The van der Waals surface area contributed by atoms with Gasteiger partial charge >= 0.3 is 0 Å². The van der Waals surface area contributed by atoms with Crippen molar-refractivity contribution in [2.45, 2.75) is 0 Å². The fraction of sp³-hybridized carbons (Fsp3) is 0.0833. The van der Waals surface area contributed by atoms with E-state index in [0.717, 1.165) is 20.0 Å². The van der Waals surface area contributed by atoms with Crippen LogP contribution >= 0.6 is 31.9 Å². The number of hydrogen-bond acceptors (Lipinski definition) is 2. The molecule has 2 nitrogen and oxygen atoms in total. The average molecular weight is 343 g/mol. The van der Waals surface area contributed by atoms with E-state index in [4.69, 9.17) is 4.74 Å². The first-order valence-electron chi connectivity index (χ1n) is 4.75. The van der Waals surface area contributed by atoms with E-state index >= 15 is 0 Å². The van der Waals surface area contributed by atoms with Crippen molar-refractivity contribution in [1.82, 2.24) is 4.98 Å². The van der Waals surface area contributed by atoms with Crippen LogP contribution in [-0.2, 0) is 0 Å². The van der Waals surface area contributed by atoms with E-state index < -0.39 is 0 Å². The molecule has 0 saturated heterocycles. The summed E-state index contributed by atoms with van der Waals surface area (Å²) < 4.78 is 6.51. The molecular formula is C12H9Br2NO. The van der Waals surface area contributed by atoms with Crippen molar-refractivity contribution in [3.05, 3.63) is 46.0 Å². The summed E-state index contributed by atoms with van der Waals surface area (Å²) >= 11 is 6.56. The van der Waals surface area contributed by atoms with Gasteiger partial charge in [0.1, 0.15) is 17.9 Å². The monoisotopic (exact) mass is 341 g/mol. The third-order valence-electron chi connectivity index (χ3n) is 2.07. The molecule has 82 valence electrons. The zero-order valence-corrected chi connectivity index (χ0v) is 11.5. The lowest BCUT2D eigenvalue weighted by molar-refractivity contribution is 0.366. The largest absolute Gasteiger partial charge is 0.487 e. The van der Waals surface area contributed by atoms with Crippen LogP contribution in [0.25, 0.3) is 10.9 Å². The molecule has 0 unspecified atom stereocenters. The van der Waals surface area contributed by atoms with Crippen molar-refractivity contribution in [1.29, 1.82) is 0 Å². The predicted molar refractivity (Wildman–Crippen MR) is 73.2 cm³/mol. The van der Waals surface area contributed by atoms with Gasteiger partial charge < -0.3 is 4.74 Å². The smallest absolute Gasteiger partial charge is 0.145 e. The molecule has 2 aromatic rings. The normalized spacial score (nSPS) is 10.1. The minimum absolute atomic E-state index is 0.502. The number of hydrogen-bond donors (Lipinski definition) is 0. The highest BCUT2D eigenvalue weighted by molar-refractivity contribution is 9.28. The molecule has 0 radical (unpaired) electrons. The van der Waals surface area contributed by atoms with E-state index in [0.29, 0.717) is 6.61 Å². The topological polar surface area (TPSA) is 22.1 Å². The quantitative estimate of drug-likeness (QED) is 0.832. The summed E-state index contributed by atoms with van der Waals surface area (Å²) in [6.07, 6.45) is 3.66. The Labute approximate surface area is 111 Å². The van der Waals surface area contributed by atoms with Crippen LogP contribution < -0.4 is 4.74 Å². The molecule has 0 bridgehead atoms. The summed E-state index contributed by atoms with van der Waals surface area (Å²) in [5.74, 6) is 0.801. The highest BCUT2D eigenvalue weighted by Gasteiger charge is 2.01. The first kappa shape index (κ1) is 11.6. The van der Waals surface area contributed by atoms with Gasteiger partial charge in [0.25, 0.3) is 0 Å². The summed E-state index contributed by atoms with van der Waals surface area (Å²) in [5.41, 5.74) is 0.893. The second-order valence-electron chi connectivity index (χ2n) is 3.14. The van der Waals surface area contributed by atoms with Crippen LogP contribution in [0.5, 0.6) is 5.75 Å². The van der Waals surface area contributed by atoms with Crippen molar-refractivity contribution < 1.29 is 4.74 Å². The molecule has 0 aliphatic heterocycles. The molecule has 0 aliphatic rings. The Bertz CT molecular complexity index is 516. The summed E-state index contributed by atoms with van der Waals surface area (Å²) in [6, 6.07) is 9.84. The number of para-hydroxylation sites is 1. The molecule has 0 aliphatic carbocycles. The molecule has 0 N–H and O–H groups in total. The summed E-state index contributed by atoms with van der Waals surface area (Å²) in [7, 11) is 0. The maximum Gasteiger partial charge on any atom is 0.145 e. The lowest BCUT2D eigenvalue weighted by atomic mass is 10.2. The van der Waals surface area contributed by atoms with Crippen molar-refractivity contribution in [2.75, 3.05) is 6.61 Å². The molecular weight excluding hydrogens is 334 g/mol. The molecule has 0 fully saturated rings. The molecule has 0 saturated carbocycles. The van der Waals surface area contributed by atoms with Crippen molar-refractivity contribution in [3.8, 4) is 5.75 Å². The zero-order valence-electron chi connectivity index (χ0n) is 8.36. The fourth-order valence-corrected chi connectivity index (χ4v) is 1.65. The van der Waals surface area contributed by atoms with E-state index in [-0.39, 0.29) is 0 Å². The number of aromatic nitrogens is 1. The van der Waals surface area contributed by atoms with Crippen LogP contribution in [0.2, 0.25) is 0 Å². The minimum atomic E-state index is 0.502. The maximum absolute atomic E-state index is 5.63. The Balaban J connectivity index is 2.27. The van der Waals surface area contributed by atoms with Crippen molar-refractivity contribution >= 4 is 42.8 Å². The lowest BCUT2D eigenvalue weighted by Crippen LogP contribution is -1.95. The number of ether oxygens (including phenoxy) is 1. The van der Waals surface area contributed by atoms with Crippen LogP contribution in [0.15, 0.2) is 46.0 Å². The van der Waals surface area contributed by atoms with Crippen LogP contribution in [0, 0.1) is 0 Å². The Hall–Kier alpha value is -0.870. The molecule has 1 heterocycles. The molecule has 0 atom stereocenters. The van der Waals surface area contributed by atoms with Crippen LogP contribution in [0.1, 0.15) is 0 Å². The molecule has 1 aromatic heterocycles. The van der Waals surface area contributed by atoms with E-state index in [1.165, 1.54) is 0 Å². The van der Waals surface area contributed by atoms with E-state index in [1.54, 1.807) is 6.20 Å². The standard InChI is InChI=1S/C12H9Br2NO/c13-11(14)6-8-16-10-5-1-3-9-4-2-7-15-12(9)10/h1-7H,8H2. The molecule has 0 amide bonds. The summed E-state index contributed by atoms with van der Waals surface area (Å²) in [5, 5.41) is 1.09. The van der Waals surface area contributed by atoms with Gasteiger partial charge in [0.05, 0.1) is 3.39 Å². The Kier molecular flexibility index (Phi) is 3.96. The predicted octanol–water partition coefficient (Wildman–Crippen LogP) is 4.24. The number of nitrogens with zero attached hydrogens (tertiary/aromatic N) is 1. The van der Waals surface area contributed by atoms with Crippen LogP contribution in [0.4, 0.5) is 0 Å². The van der Waals surface area contributed by atoms with Gasteiger partial charge in [-0.25, -0.2) is 0 Å². The molecule has 0 spiro atoms. The second-order valence-corrected chi connectivity index (χ2v) is 5.91. The van der Waals surface area contributed by atoms with E-state index in [9.17, 15) is 0 Å². The van der Waals surface area contributed by atoms with Gasteiger partial charge in [0, 0.05) is 11.6 Å². The molecule has 4 heteroatoms. The second kappa shape index (κ2) is 5.46. The van der Waals surface area contributed by atoms with Gasteiger partial charge in [0.15, 0.2) is 0 Å². The number of benzene rings is 1. The Morgan fingerprint density at radius 1 is 1.25 bits per heavy atom. The van der Waals surface area contributed by atoms with Gasteiger partial charge in [-0.2, -0.15) is 0 Å². The maximum atomic E-state index is 5.63. The Morgan fingerprint density at radius 2 is 2.06 bits per heavy atom.